The van der Waals surface area contributed by atoms with Gasteiger partial charge in [-0.1, -0.05) is 26.0 Å². The molecule has 7 rings (SSSR count). The summed E-state index contributed by atoms with van der Waals surface area (Å²) in [5.41, 5.74) is 0.363. The lowest BCUT2D eigenvalue weighted by molar-refractivity contribution is -0.384. The van der Waals surface area contributed by atoms with Crippen molar-refractivity contribution in [3.8, 4) is 23.0 Å². The minimum Gasteiger partial charge on any atom is -0.489 e. The predicted molar refractivity (Wildman–Crippen MR) is 193 cm³/mol. The van der Waals surface area contributed by atoms with Crippen LogP contribution in [0.1, 0.15) is 38.8 Å². The highest BCUT2D eigenvalue weighted by Crippen LogP contribution is 2.39. The molecule has 15 nitrogen and oxygen atoms in total. The Morgan fingerprint density at radius 1 is 1.00 bits per heavy atom. The lowest BCUT2D eigenvalue weighted by atomic mass is 10.00. The number of sulfonamides is 1. The van der Waals surface area contributed by atoms with Crippen molar-refractivity contribution in [2.24, 2.45) is 5.92 Å². The molecule has 0 aliphatic carbocycles. The van der Waals surface area contributed by atoms with E-state index in [0.717, 1.165) is 11.1 Å². The fourth-order valence-electron chi connectivity index (χ4n) is 6.68. The van der Waals surface area contributed by atoms with Gasteiger partial charge in [-0.15, -0.1) is 0 Å². The summed E-state index contributed by atoms with van der Waals surface area (Å²) in [5.74, 6) is 1.71. The number of nitrogens with zero attached hydrogens (tertiary/aromatic N) is 3. The Kier molecular flexibility index (Phi) is 10.00. The van der Waals surface area contributed by atoms with Crippen LogP contribution in [0.25, 0.3) is 11.2 Å². The summed E-state index contributed by atoms with van der Waals surface area (Å²) in [5, 5.41) is 11.5. The summed E-state index contributed by atoms with van der Waals surface area (Å²) < 4.78 is 69.8. The topological polar surface area (TPSA) is 173 Å². The first-order valence-electron chi connectivity index (χ1n) is 17.3. The Hall–Kier alpha value is -5.58. The van der Waals surface area contributed by atoms with E-state index in [1.807, 2.05) is 26.0 Å². The fraction of sp³-hybridized carbons (Fsp3) is 0.342. The molecule has 2 aliphatic heterocycles. The van der Waals surface area contributed by atoms with Crippen LogP contribution in [0.2, 0.25) is 0 Å². The van der Waals surface area contributed by atoms with Crippen LogP contribution < -0.4 is 18.9 Å². The maximum atomic E-state index is 14.3. The van der Waals surface area contributed by atoms with Crippen molar-refractivity contribution in [1.29, 1.82) is 0 Å². The van der Waals surface area contributed by atoms with Gasteiger partial charge in [0.15, 0.2) is 17.2 Å². The zero-order valence-corrected chi connectivity index (χ0v) is 30.8. The van der Waals surface area contributed by atoms with E-state index in [1.54, 1.807) is 50.2 Å². The van der Waals surface area contributed by atoms with Gasteiger partial charge in [-0.2, -0.15) is 4.31 Å². The molecule has 2 aliphatic rings. The number of ether oxygens (including phenoxy) is 5. The summed E-state index contributed by atoms with van der Waals surface area (Å²) in [6.07, 6.45) is 1.49. The van der Waals surface area contributed by atoms with E-state index in [0.29, 0.717) is 22.6 Å². The highest BCUT2D eigenvalue weighted by atomic mass is 32.2. The Morgan fingerprint density at radius 2 is 1.72 bits per heavy atom. The molecule has 0 bridgehead atoms. The van der Waals surface area contributed by atoms with E-state index < -0.39 is 38.9 Å². The van der Waals surface area contributed by atoms with Crippen LogP contribution in [-0.4, -0.2) is 66.4 Å². The van der Waals surface area contributed by atoms with Crippen LogP contribution in [0.3, 0.4) is 0 Å². The quantitative estimate of drug-likeness (QED) is 0.0878. The van der Waals surface area contributed by atoms with Crippen LogP contribution in [-0.2, 0) is 27.8 Å². The Labute approximate surface area is 311 Å². The summed E-state index contributed by atoms with van der Waals surface area (Å²) >= 11 is 0. The Balaban J connectivity index is 1.16. The number of nitro benzene ring substituents is 1. The van der Waals surface area contributed by atoms with E-state index in [2.05, 4.69) is 0 Å². The number of non-ortho nitro benzene ring substituents is 1. The van der Waals surface area contributed by atoms with Crippen molar-refractivity contribution in [1.82, 2.24) is 9.21 Å². The van der Waals surface area contributed by atoms with Crippen molar-refractivity contribution >= 4 is 33.0 Å². The van der Waals surface area contributed by atoms with Crippen LogP contribution >= 0.6 is 0 Å². The molecule has 1 fully saturated rings. The normalized spacial score (nSPS) is 17.8. The van der Waals surface area contributed by atoms with Gasteiger partial charge in [0, 0.05) is 31.3 Å². The lowest BCUT2D eigenvalue weighted by Gasteiger charge is -2.33. The summed E-state index contributed by atoms with van der Waals surface area (Å²) in [4.78, 5) is 26.2. The molecule has 0 radical (unpaired) electrons. The molecule has 54 heavy (non-hydrogen) atoms. The van der Waals surface area contributed by atoms with Gasteiger partial charge in [-0.25, -0.2) is 13.2 Å². The number of rotatable bonds is 13. The maximum Gasteiger partial charge on any atom is 0.418 e. The molecule has 2 atom stereocenters. The maximum absolute atomic E-state index is 14.3. The zero-order chi connectivity index (χ0) is 38.2. The molecule has 1 saturated heterocycles. The molecular weight excluding hydrogens is 722 g/mol. The first kappa shape index (κ1) is 36.8. The highest BCUT2D eigenvalue weighted by Gasteiger charge is 2.52. The number of carbonyl (C=O) groups excluding carboxylic acids is 1. The molecule has 0 unspecified atom stereocenters. The monoisotopic (exact) mass is 761 g/mol. The summed E-state index contributed by atoms with van der Waals surface area (Å²) in [6.45, 7) is 7.64. The van der Waals surface area contributed by atoms with Crippen LogP contribution in [0, 0.1) is 16.0 Å². The zero-order valence-electron chi connectivity index (χ0n) is 30.0. The SMILES string of the molecule is CC(C)CN(C[C@H]1OC(C)(C)N(C(=O)Oc2coc3occc23)[C@H]1Cc1ccc(OCc2ccc([N+](=O)[O-])cc2)cc1)S(=O)(=O)c1ccc2c(c1)OCO2. The molecular formula is C38H39N3O12S. The molecule has 2 aromatic heterocycles. The van der Waals surface area contributed by atoms with Gasteiger partial charge in [0.1, 0.15) is 29.7 Å². The van der Waals surface area contributed by atoms with Crippen molar-refractivity contribution < 1.29 is 50.7 Å². The first-order chi connectivity index (χ1) is 25.8. The molecule has 0 saturated carbocycles. The number of hydrogen-bond acceptors (Lipinski definition) is 12. The van der Waals surface area contributed by atoms with Crippen molar-refractivity contribution in [3.05, 3.63) is 107 Å². The van der Waals surface area contributed by atoms with E-state index in [4.69, 9.17) is 32.5 Å². The minimum atomic E-state index is -4.07. The molecule has 0 spiro atoms. The van der Waals surface area contributed by atoms with Gasteiger partial charge in [-0.05, 0) is 79.8 Å². The molecule has 1 amide bonds. The van der Waals surface area contributed by atoms with Gasteiger partial charge < -0.3 is 32.5 Å². The minimum absolute atomic E-state index is 0.00390. The smallest absolute Gasteiger partial charge is 0.418 e. The van der Waals surface area contributed by atoms with Gasteiger partial charge in [0.05, 0.1) is 28.2 Å². The van der Waals surface area contributed by atoms with Crippen LogP contribution in [0.4, 0.5) is 10.5 Å². The van der Waals surface area contributed by atoms with Gasteiger partial charge in [0.2, 0.25) is 16.8 Å². The molecule has 16 heteroatoms. The molecule has 284 valence electrons. The van der Waals surface area contributed by atoms with Crippen molar-refractivity contribution in [2.45, 2.75) is 63.5 Å². The standard InChI is InChI=1S/C38H39N3O12S/c1-24(2)19-39(54(45,46)29-13-14-32-33(18-29)51-23-50-32)20-34-31(40(38(3,4)53-34)37(42)52-35-22-49-36-30(35)15-16-47-36)17-25-7-11-28(12-8-25)48-21-26-5-9-27(10-6-26)41(43)44/h5-16,18,22,24,31,34H,17,19-21,23H2,1-4H3/t31-,34+/m0/s1. The van der Waals surface area contributed by atoms with E-state index in [-0.39, 0.29) is 60.9 Å². The van der Waals surface area contributed by atoms with E-state index >= 15 is 0 Å². The molecule has 3 aromatic carbocycles. The number of furan rings is 2. The number of carbonyl (C=O) groups is 1. The number of amides is 1. The third-order valence-corrected chi connectivity index (χ3v) is 11.0. The average Bonchev–Trinajstić information content (AvgIpc) is 3.92. The predicted octanol–water partition coefficient (Wildman–Crippen LogP) is 7.14. The number of benzene rings is 3. The molecule has 4 heterocycles. The summed E-state index contributed by atoms with van der Waals surface area (Å²) in [7, 11) is -4.07. The van der Waals surface area contributed by atoms with Crippen LogP contribution in [0.5, 0.6) is 23.0 Å². The van der Waals surface area contributed by atoms with Gasteiger partial charge >= 0.3 is 11.9 Å². The second-order valence-electron chi connectivity index (χ2n) is 13.9. The lowest BCUT2D eigenvalue weighted by Crippen LogP contribution is -2.51. The molecule has 5 aromatic rings. The Bertz CT molecular complexity index is 2250. The van der Waals surface area contributed by atoms with E-state index in [9.17, 15) is 23.3 Å². The third kappa shape index (κ3) is 7.58. The Morgan fingerprint density at radius 3 is 2.44 bits per heavy atom. The van der Waals surface area contributed by atoms with E-state index in [1.165, 1.54) is 46.0 Å². The summed E-state index contributed by atoms with van der Waals surface area (Å²) in [6, 6.07) is 18.9. The molecule has 0 N–H and O–H groups in total. The van der Waals surface area contributed by atoms with Gasteiger partial charge in [0.25, 0.3) is 5.69 Å². The van der Waals surface area contributed by atoms with Crippen molar-refractivity contribution in [2.75, 3.05) is 19.9 Å². The number of nitro groups is 1. The average molecular weight is 762 g/mol. The fourth-order valence-corrected chi connectivity index (χ4v) is 8.31. The second kappa shape index (κ2) is 14.7. The van der Waals surface area contributed by atoms with Crippen LogP contribution in [0.15, 0.2) is 99.1 Å². The number of hydrogen-bond donors (Lipinski definition) is 0. The van der Waals surface area contributed by atoms with Gasteiger partial charge in [-0.3, -0.25) is 15.0 Å². The highest BCUT2D eigenvalue weighted by molar-refractivity contribution is 7.89. The second-order valence-corrected chi connectivity index (χ2v) is 15.9. The largest absolute Gasteiger partial charge is 0.489 e. The first-order valence-corrected chi connectivity index (χ1v) is 18.7. The number of fused-ring (bicyclic) bond motifs is 2. The van der Waals surface area contributed by atoms with Crippen molar-refractivity contribution in [3.63, 3.8) is 0 Å². The third-order valence-electron chi connectivity index (χ3n) is 9.20.